The van der Waals surface area contributed by atoms with Gasteiger partial charge in [0.05, 0.1) is 6.10 Å². The van der Waals surface area contributed by atoms with Crippen LogP contribution >= 0.6 is 0 Å². The summed E-state index contributed by atoms with van der Waals surface area (Å²) in [6.45, 7) is 5.22. The Morgan fingerprint density at radius 3 is 2.65 bits per heavy atom. The SMILES string of the molecule is CC(O)c1cccc(NC(=O)NN2CCN(C)CC2)c1. The second-order valence-electron chi connectivity index (χ2n) is 5.16. The number of piperazine rings is 1. The van der Waals surface area contributed by atoms with E-state index < -0.39 is 6.10 Å². The van der Waals surface area contributed by atoms with E-state index in [0.717, 1.165) is 31.7 Å². The van der Waals surface area contributed by atoms with Gasteiger partial charge in [-0.3, -0.25) is 5.43 Å². The van der Waals surface area contributed by atoms with Crippen LogP contribution in [0.5, 0.6) is 0 Å². The minimum Gasteiger partial charge on any atom is -0.389 e. The second-order valence-corrected chi connectivity index (χ2v) is 5.16. The van der Waals surface area contributed by atoms with Crippen molar-refractivity contribution in [1.82, 2.24) is 15.3 Å². The lowest BCUT2D eigenvalue weighted by atomic mass is 10.1. The van der Waals surface area contributed by atoms with E-state index in [1.54, 1.807) is 19.1 Å². The Kier molecular flexibility index (Phi) is 4.94. The Bertz CT molecular complexity index is 456. The number of likely N-dealkylation sites (N-methyl/N-ethyl adjacent to an activating group) is 1. The number of amides is 2. The molecule has 1 aromatic rings. The smallest absolute Gasteiger partial charge is 0.333 e. The zero-order chi connectivity index (χ0) is 14.5. The highest BCUT2D eigenvalue weighted by Crippen LogP contribution is 2.16. The molecule has 1 atom stereocenters. The average Bonchev–Trinajstić information content (AvgIpc) is 2.41. The quantitative estimate of drug-likeness (QED) is 0.772. The van der Waals surface area contributed by atoms with E-state index in [-0.39, 0.29) is 6.03 Å². The van der Waals surface area contributed by atoms with E-state index >= 15 is 0 Å². The molecule has 3 N–H and O–H groups in total. The van der Waals surface area contributed by atoms with Crippen molar-refractivity contribution in [2.75, 3.05) is 38.5 Å². The Morgan fingerprint density at radius 1 is 1.30 bits per heavy atom. The number of hydrogen-bond donors (Lipinski definition) is 3. The van der Waals surface area contributed by atoms with Gasteiger partial charge in [-0.25, -0.2) is 9.80 Å². The van der Waals surface area contributed by atoms with Gasteiger partial charge in [0.1, 0.15) is 0 Å². The van der Waals surface area contributed by atoms with Gasteiger partial charge in [-0.05, 0) is 31.7 Å². The minimum atomic E-state index is -0.544. The lowest BCUT2D eigenvalue weighted by Crippen LogP contribution is -2.53. The molecular formula is C14H22N4O2. The van der Waals surface area contributed by atoms with E-state index in [1.165, 1.54) is 0 Å². The zero-order valence-corrected chi connectivity index (χ0v) is 12.0. The van der Waals surface area contributed by atoms with E-state index in [1.807, 2.05) is 17.1 Å². The number of nitrogens with one attached hydrogen (secondary N) is 2. The molecule has 0 bridgehead atoms. The van der Waals surface area contributed by atoms with Gasteiger partial charge in [-0.2, -0.15) is 0 Å². The maximum Gasteiger partial charge on any atom is 0.333 e. The summed E-state index contributed by atoms with van der Waals surface area (Å²) in [5, 5.41) is 14.2. The van der Waals surface area contributed by atoms with Crippen molar-refractivity contribution < 1.29 is 9.90 Å². The summed E-state index contributed by atoms with van der Waals surface area (Å²) in [7, 11) is 2.07. The third kappa shape index (κ3) is 4.19. The maximum absolute atomic E-state index is 11.9. The predicted molar refractivity (Wildman–Crippen MR) is 78.3 cm³/mol. The van der Waals surface area contributed by atoms with E-state index in [4.69, 9.17) is 0 Å². The fraction of sp³-hybridized carbons (Fsp3) is 0.500. The number of rotatable bonds is 3. The van der Waals surface area contributed by atoms with Gasteiger partial charge >= 0.3 is 6.03 Å². The van der Waals surface area contributed by atoms with Crippen LogP contribution in [0.4, 0.5) is 10.5 Å². The molecular weight excluding hydrogens is 256 g/mol. The maximum atomic E-state index is 11.9. The highest BCUT2D eigenvalue weighted by molar-refractivity contribution is 5.88. The largest absolute Gasteiger partial charge is 0.389 e. The van der Waals surface area contributed by atoms with Gasteiger partial charge in [-0.1, -0.05) is 12.1 Å². The van der Waals surface area contributed by atoms with Crippen LogP contribution in [0.25, 0.3) is 0 Å². The van der Waals surface area contributed by atoms with Gasteiger partial charge in [-0.15, -0.1) is 0 Å². The van der Waals surface area contributed by atoms with Gasteiger partial charge < -0.3 is 15.3 Å². The molecule has 6 heteroatoms. The van der Waals surface area contributed by atoms with Crippen molar-refractivity contribution in [3.63, 3.8) is 0 Å². The predicted octanol–water partition coefficient (Wildman–Crippen LogP) is 1.02. The minimum absolute atomic E-state index is 0.253. The lowest BCUT2D eigenvalue weighted by molar-refractivity contribution is 0.116. The Hall–Kier alpha value is -1.63. The summed E-state index contributed by atoms with van der Waals surface area (Å²) in [6.07, 6.45) is -0.544. The molecule has 0 spiro atoms. The number of urea groups is 1. The van der Waals surface area contributed by atoms with Crippen molar-refractivity contribution in [2.24, 2.45) is 0 Å². The molecule has 110 valence electrons. The molecule has 0 aromatic heterocycles. The number of carbonyl (C=O) groups excluding carboxylic acids is 1. The first-order chi connectivity index (χ1) is 9.54. The first-order valence-corrected chi connectivity index (χ1v) is 6.84. The molecule has 6 nitrogen and oxygen atoms in total. The number of carbonyl (C=O) groups is 1. The molecule has 1 heterocycles. The van der Waals surface area contributed by atoms with Gasteiger partial charge in [0.2, 0.25) is 0 Å². The third-order valence-electron chi connectivity index (χ3n) is 3.39. The van der Waals surface area contributed by atoms with Crippen LogP contribution in [0.1, 0.15) is 18.6 Å². The van der Waals surface area contributed by atoms with Crippen LogP contribution in [-0.2, 0) is 0 Å². The standard InChI is InChI=1S/C14H22N4O2/c1-11(19)12-4-3-5-13(10-12)15-14(20)16-18-8-6-17(2)7-9-18/h3-5,10-11,19H,6-9H2,1-2H3,(H2,15,16,20). The molecule has 2 rings (SSSR count). The molecule has 1 aliphatic rings. The summed E-state index contributed by atoms with van der Waals surface area (Å²) >= 11 is 0. The van der Waals surface area contributed by atoms with Crippen molar-refractivity contribution in [3.8, 4) is 0 Å². The molecule has 20 heavy (non-hydrogen) atoms. The monoisotopic (exact) mass is 278 g/mol. The number of benzene rings is 1. The highest BCUT2D eigenvalue weighted by Gasteiger charge is 2.15. The number of aliphatic hydroxyl groups excluding tert-OH is 1. The van der Waals surface area contributed by atoms with Crippen LogP contribution in [-0.4, -0.2) is 54.3 Å². The van der Waals surface area contributed by atoms with Gasteiger partial charge in [0.15, 0.2) is 0 Å². The number of aliphatic hydroxyl groups is 1. The van der Waals surface area contributed by atoms with Crippen LogP contribution < -0.4 is 10.7 Å². The van der Waals surface area contributed by atoms with Gasteiger partial charge in [0, 0.05) is 31.9 Å². The van der Waals surface area contributed by atoms with E-state index in [2.05, 4.69) is 22.7 Å². The Balaban J connectivity index is 1.86. The summed E-state index contributed by atoms with van der Waals surface area (Å²) in [6, 6.07) is 6.96. The average molecular weight is 278 g/mol. The van der Waals surface area contributed by atoms with Crippen molar-refractivity contribution >= 4 is 11.7 Å². The highest BCUT2D eigenvalue weighted by atomic mass is 16.3. The first kappa shape index (κ1) is 14.8. The summed E-state index contributed by atoms with van der Waals surface area (Å²) in [4.78, 5) is 14.1. The normalized spacial score (nSPS) is 18.6. The van der Waals surface area contributed by atoms with Crippen LogP contribution in [0.2, 0.25) is 0 Å². The molecule has 1 unspecified atom stereocenters. The number of hydrazine groups is 1. The Morgan fingerprint density at radius 2 is 2.00 bits per heavy atom. The van der Waals surface area contributed by atoms with E-state index in [0.29, 0.717) is 5.69 Å². The molecule has 0 saturated carbocycles. The van der Waals surface area contributed by atoms with Crippen molar-refractivity contribution in [2.45, 2.75) is 13.0 Å². The Labute approximate surface area is 119 Å². The van der Waals surface area contributed by atoms with Crippen molar-refractivity contribution in [3.05, 3.63) is 29.8 Å². The second kappa shape index (κ2) is 6.69. The molecule has 1 aromatic carbocycles. The van der Waals surface area contributed by atoms with Crippen LogP contribution in [0, 0.1) is 0 Å². The molecule has 1 saturated heterocycles. The van der Waals surface area contributed by atoms with Crippen molar-refractivity contribution in [1.29, 1.82) is 0 Å². The fourth-order valence-corrected chi connectivity index (χ4v) is 2.10. The van der Waals surface area contributed by atoms with Crippen LogP contribution in [0.3, 0.4) is 0 Å². The molecule has 1 fully saturated rings. The molecule has 1 aliphatic heterocycles. The number of anilines is 1. The molecule has 0 aliphatic carbocycles. The topological polar surface area (TPSA) is 67.8 Å². The summed E-state index contributed by atoms with van der Waals surface area (Å²) in [5.74, 6) is 0. The number of hydrogen-bond acceptors (Lipinski definition) is 4. The number of nitrogens with zero attached hydrogens (tertiary/aromatic N) is 2. The first-order valence-electron chi connectivity index (χ1n) is 6.84. The van der Waals surface area contributed by atoms with E-state index in [9.17, 15) is 9.90 Å². The lowest BCUT2D eigenvalue weighted by Gasteiger charge is -2.32. The fourth-order valence-electron chi connectivity index (χ4n) is 2.10. The molecule has 0 radical (unpaired) electrons. The summed E-state index contributed by atoms with van der Waals surface area (Å²) < 4.78 is 0. The summed E-state index contributed by atoms with van der Waals surface area (Å²) in [5.41, 5.74) is 4.29. The van der Waals surface area contributed by atoms with Gasteiger partial charge in [0.25, 0.3) is 0 Å². The van der Waals surface area contributed by atoms with Crippen LogP contribution in [0.15, 0.2) is 24.3 Å². The third-order valence-corrected chi connectivity index (χ3v) is 3.39. The zero-order valence-electron chi connectivity index (χ0n) is 12.0. The molecule has 2 amide bonds.